The summed E-state index contributed by atoms with van der Waals surface area (Å²) in [5, 5.41) is 4.30. The maximum atomic E-state index is 5.42. The van der Waals surface area contributed by atoms with Gasteiger partial charge in [-0.15, -0.1) is 0 Å². The van der Waals surface area contributed by atoms with Crippen molar-refractivity contribution < 1.29 is 0 Å². The van der Waals surface area contributed by atoms with Crippen molar-refractivity contribution in [2.45, 2.75) is 26.7 Å². The van der Waals surface area contributed by atoms with E-state index < -0.39 is 0 Å². The number of hydrogen-bond acceptors (Lipinski definition) is 2. The van der Waals surface area contributed by atoms with Crippen LogP contribution in [0, 0.1) is 11.8 Å². The first-order valence-electron chi connectivity index (χ1n) is 6.66. The van der Waals surface area contributed by atoms with E-state index in [1.54, 1.807) is 0 Å². The highest BCUT2D eigenvalue weighted by molar-refractivity contribution is 7.80. The Kier molecular flexibility index (Phi) is 6.20. The highest BCUT2D eigenvalue weighted by Crippen LogP contribution is 2.17. The molecule has 3 nitrogen and oxygen atoms in total. The fourth-order valence-corrected chi connectivity index (χ4v) is 2.50. The van der Waals surface area contributed by atoms with Gasteiger partial charge in [-0.1, -0.05) is 13.8 Å². The van der Waals surface area contributed by atoms with Gasteiger partial charge in [0.1, 0.15) is 0 Å². The first-order chi connectivity index (χ1) is 7.99. The van der Waals surface area contributed by atoms with Crippen LogP contribution in [0.15, 0.2) is 0 Å². The molecule has 1 aliphatic heterocycles. The predicted molar refractivity (Wildman–Crippen MR) is 78.3 cm³/mol. The van der Waals surface area contributed by atoms with Crippen LogP contribution in [-0.4, -0.2) is 55.2 Å². The molecule has 0 amide bonds. The van der Waals surface area contributed by atoms with Crippen LogP contribution in [0.2, 0.25) is 0 Å². The molecule has 0 aliphatic carbocycles. The molecular weight excluding hydrogens is 230 g/mol. The van der Waals surface area contributed by atoms with Gasteiger partial charge in [-0.3, -0.25) is 0 Å². The number of likely N-dealkylation sites (tertiary alicyclic amines) is 1. The van der Waals surface area contributed by atoms with E-state index in [4.69, 9.17) is 12.2 Å². The Labute approximate surface area is 112 Å². The van der Waals surface area contributed by atoms with Crippen molar-refractivity contribution in [3.63, 3.8) is 0 Å². The molecule has 1 rings (SSSR count). The minimum atomic E-state index is 0.652. The molecule has 1 N–H and O–H groups in total. The summed E-state index contributed by atoms with van der Waals surface area (Å²) in [6.07, 6.45) is 2.53. The second-order valence-corrected chi connectivity index (χ2v) is 6.16. The van der Waals surface area contributed by atoms with Gasteiger partial charge in [-0.05, 0) is 51.0 Å². The Balaban J connectivity index is 2.24. The minimum Gasteiger partial charge on any atom is -0.362 e. The van der Waals surface area contributed by atoms with E-state index in [9.17, 15) is 0 Å². The average molecular weight is 257 g/mol. The molecule has 0 radical (unpaired) electrons. The molecule has 0 atom stereocenters. The number of piperidine rings is 1. The van der Waals surface area contributed by atoms with Crippen LogP contribution >= 0.6 is 12.2 Å². The van der Waals surface area contributed by atoms with E-state index in [0.717, 1.165) is 30.7 Å². The number of hydrogen-bond donors (Lipinski definition) is 1. The first kappa shape index (κ1) is 14.7. The molecular formula is C13H27N3S. The summed E-state index contributed by atoms with van der Waals surface area (Å²) in [4.78, 5) is 4.61. The summed E-state index contributed by atoms with van der Waals surface area (Å²) in [7, 11) is 4.31. The summed E-state index contributed by atoms with van der Waals surface area (Å²) in [5.41, 5.74) is 0. The monoisotopic (exact) mass is 257 g/mol. The number of thiocarbonyl (C=S) groups is 1. The second-order valence-electron chi connectivity index (χ2n) is 5.77. The largest absolute Gasteiger partial charge is 0.362 e. The van der Waals surface area contributed by atoms with Gasteiger partial charge in [0, 0.05) is 26.2 Å². The normalized spacial score (nSPS) is 17.9. The van der Waals surface area contributed by atoms with Crippen molar-refractivity contribution in [2.75, 3.05) is 40.3 Å². The number of nitrogens with zero attached hydrogens (tertiary/aromatic N) is 2. The van der Waals surface area contributed by atoms with Crippen molar-refractivity contribution in [3.8, 4) is 0 Å². The highest BCUT2D eigenvalue weighted by Gasteiger charge is 2.21. The molecule has 0 unspecified atom stereocenters. The maximum absolute atomic E-state index is 5.42. The van der Waals surface area contributed by atoms with E-state index in [1.165, 1.54) is 19.4 Å². The lowest BCUT2D eigenvalue weighted by Crippen LogP contribution is -2.46. The summed E-state index contributed by atoms with van der Waals surface area (Å²) >= 11 is 5.42. The molecule has 100 valence electrons. The van der Waals surface area contributed by atoms with E-state index >= 15 is 0 Å². The van der Waals surface area contributed by atoms with Gasteiger partial charge >= 0.3 is 0 Å². The van der Waals surface area contributed by atoms with Gasteiger partial charge in [0.2, 0.25) is 0 Å². The third-order valence-electron chi connectivity index (χ3n) is 3.19. The van der Waals surface area contributed by atoms with Gasteiger partial charge in [-0.25, -0.2) is 0 Å². The molecule has 0 aromatic heterocycles. The van der Waals surface area contributed by atoms with E-state index in [0.29, 0.717) is 5.92 Å². The molecule has 4 heteroatoms. The van der Waals surface area contributed by atoms with Gasteiger partial charge in [-0.2, -0.15) is 0 Å². The fraction of sp³-hybridized carbons (Fsp3) is 0.923. The Morgan fingerprint density at radius 2 is 1.94 bits per heavy atom. The molecule has 0 spiro atoms. The lowest BCUT2D eigenvalue weighted by atomic mass is 9.97. The summed E-state index contributed by atoms with van der Waals surface area (Å²) in [6.45, 7) is 8.83. The summed E-state index contributed by atoms with van der Waals surface area (Å²) in [5.74, 6) is 1.49. The Morgan fingerprint density at radius 3 is 2.41 bits per heavy atom. The third kappa shape index (κ3) is 5.68. The molecule has 1 fully saturated rings. The van der Waals surface area contributed by atoms with Crippen LogP contribution in [-0.2, 0) is 0 Å². The van der Waals surface area contributed by atoms with E-state index in [-0.39, 0.29) is 0 Å². The topological polar surface area (TPSA) is 18.5 Å². The molecule has 0 aromatic carbocycles. The molecule has 0 bridgehead atoms. The predicted octanol–water partition coefficient (Wildman–Crippen LogP) is 1.79. The van der Waals surface area contributed by atoms with Crippen LogP contribution in [0.4, 0.5) is 0 Å². The average Bonchev–Trinajstić information content (AvgIpc) is 2.26. The Morgan fingerprint density at radius 1 is 1.35 bits per heavy atom. The van der Waals surface area contributed by atoms with Crippen molar-refractivity contribution in [1.29, 1.82) is 0 Å². The van der Waals surface area contributed by atoms with E-state index in [2.05, 4.69) is 43.1 Å². The second kappa shape index (κ2) is 7.17. The first-order valence-corrected chi connectivity index (χ1v) is 7.07. The summed E-state index contributed by atoms with van der Waals surface area (Å²) in [6, 6.07) is 0. The van der Waals surface area contributed by atoms with Crippen LogP contribution < -0.4 is 5.32 Å². The van der Waals surface area contributed by atoms with Crippen LogP contribution in [0.25, 0.3) is 0 Å². The fourth-order valence-electron chi connectivity index (χ4n) is 2.24. The highest BCUT2D eigenvalue weighted by atomic mass is 32.1. The van der Waals surface area contributed by atoms with Crippen LogP contribution in [0.3, 0.4) is 0 Å². The molecule has 1 saturated heterocycles. The number of rotatable bonds is 4. The molecule has 0 aromatic rings. The van der Waals surface area contributed by atoms with E-state index in [1.807, 2.05) is 0 Å². The smallest absolute Gasteiger partial charge is 0.168 e. The lowest BCUT2D eigenvalue weighted by molar-refractivity contribution is 0.217. The Bertz CT molecular complexity index is 233. The number of nitrogens with one attached hydrogen (secondary N) is 1. The Hall–Kier alpha value is -0.350. The van der Waals surface area contributed by atoms with Gasteiger partial charge in [0.05, 0.1) is 0 Å². The van der Waals surface area contributed by atoms with Crippen molar-refractivity contribution in [1.82, 2.24) is 15.1 Å². The SMILES string of the molecule is CC(C)CNC(=S)N1CCC(CN(C)C)CC1. The van der Waals surface area contributed by atoms with Crippen molar-refractivity contribution in [3.05, 3.63) is 0 Å². The molecule has 1 heterocycles. The van der Waals surface area contributed by atoms with Crippen LogP contribution in [0.1, 0.15) is 26.7 Å². The van der Waals surface area contributed by atoms with Crippen molar-refractivity contribution >= 4 is 17.3 Å². The van der Waals surface area contributed by atoms with Crippen LogP contribution in [0.5, 0.6) is 0 Å². The van der Waals surface area contributed by atoms with Gasteiger partial charge in [0.25, 0.3) is 0 Å². The minimum absolute atomic E-state index is 0.652. The lowest BCUT2D eigenvalue weighted by Gasteiger charge is -2.35. The summed E-state index contributed by atoms with van der Waals surface area (Å²) < 4.78 is 0. The zero-order valence-electron chi connectivity index (χ0n) is 11.7. The standard InChI is InChI=1S/C13H27N3S/c1-11(2)9-14-13(17)16-7-5-12(6-8-16)10-15(3)4/h11-12H,5-10H2,1-4H3,(H,14,17). The van der Waals surface area contributed by atoms with Gasteiger partial charge in [0.15, 0.2) is 5.11 Å². The van der Waals surface area contributed by atoms with Crippen molar-refractivity contribution in [2.24, 2.45) is 11.8 Å². The maximum Gasteiger partial charge on any atom is 0.168 e. The molecule has 17 heavy (non-hydrogen) atoms. The molecule has 1 aliphatic rings. The van der Waals surface area contributed by atoms with Gasteiger partial charge < -0.3 is 15.1 Å². The molecule has 0 saturated carbocycles. The zero-order valence-corrected chi connectivity index (χ0v) is 12.5. The zero-order chi connectivity index (χ0) is 12.8. The quantitative estimate of drug-likeness (QED) is 0.774. The third-order valence-corrected chi connectivity index (χ3v) is 3.59.